The van der Waals surface area contributed by atoms with Crippen LogP contribution in [0.3, 0.4) is 0 Å². The average Bonchev–Trinajstić information content (AvgIpc) is 3.64. The first-order valence-corrected chi connectivity index (χ1v) is 14.2. The number of amidine groups is 1. The number of nitrogens with two attached hydrogens (primary N) is 3. The van der Waals surface area contributed by atoms with E-state index in [1.165, 1.54) is 11.0 Å². The number of aromatic hydroxyl groups is 1. The number of aromatic amines is 1. The molecule has 1 fully saturated rings. The number of carbonyl (C=O) groups excluding carboxylic acids is 3. The number of H-pyrrole nitrogens is 1. The molecular weight excluding hydrogens is 564 g/mol. The lowest BCUT2D eigenvalue weighted by atomic mass is 9.67. The lowest BCUT2D eigenvalue weighted by Gasteiger charge is -2.40. The smallest absolute Gasteiger partial charge is 0.312 e. The molecule has 2 unspecified atom stereocenters. The number of nitrogen functional groups attached to an aromatic ring is 1. The van der Waals surface area contributed by atoms with Crippen molar-refractivity contribution in [3.63, 3.8) is 0 Å². The van der Waals surface area contributed by atoms with Crippen LogP contribution in [0.2, 0.25) is 0 Å². The van der Waals surface area contributed by atoms with E-state index in [0.29, 0.717) is 52.7 Å². The number of nitrogens with zero attached hydrogens (tertiary/aromatic N) is 2. The summed E-state index contributed by atoms with van der Waals surface area (Å²) in [5.41, 5.74) is 16.7. The van der Waals surface area contributed by atoms with E-state index >= 15 is 0 Å². The number of fused-ring (bicyclic) bond motifs is 1. The highest BCUT2D eigenvalue weighted by atomic mass is 16.3. The molecule has 2 aliphatic rings. The molecule has 2 heterocycles. The second-order valence-electron chi connectivity index (χ2n) is 11.8. The predicted octanol–water partition coefficient (Wildman–Crippen LogP) is 2.26. The third-order valence-electron chi connectivity index (χ3n) is 8.66. The monoisotopic (exact) mass is 600 g/mol. The Hall–Kier alpha value is -5.33. The van der Waals surface area contributed by atoms with Gasteiger partial charge >= 0.3 is 6.03 Å². The van der Waals surface area contributed by atoms with Crippen LogP contribution in [0.5, 0.6) is 5.75 Å². The van der Waals surface area contributed by atoms with E-state index in [1.807, 2.05) is 0 Å². The molecule has 13 nitrogen and oxygen atoms in total. The first kappa shape index (κ1) is 30.1. The molecule has 0 radical (unpaired) electrons. The number of aliphatic hydroxyl groups excluding tert-OH is 1. The number of imidazole rings is 1. The van der Waals surface area contributed by atoms with Crippen LogP contribution < -0.4 is 22.5 Å². The van der Waals surface area contributed by atoms with Gasteiger partial charge in [-0.3, -0.25) is 15.0 Å². The highest BCUT2D eigenvalue weighted by Crippen LogP contribution is 2.49. The van der Waals surface area contributed by atoms with Crippen molar-refractivity contribution in [2.24, 2.45) is 22.6 Å². The summed E-state index contributed by atoms with van der Waals surface area (Å²) in [5.74, 6) is -1.16. The highest BCUT2D eigenvalue weighted by molar-refractivity contribution is 5.98. The van der Waals surface area contributed by atoms with Crippen LogP contribution in [0, 0.1) is 10.8 Å². The molecule has 11 N–H and O–H groups in total. The number of primary amides is 2. The Morgan fingerprint density at radius 2 is 1.89 bits per heavy atom. The van der Waals surface area contributed by atoms with Crippen molar-refractivity contribution in [3.8, 4) is 5.75 Å². The van der Waals surface area contributed by atoms with E-state index in [2.05, 4.69) is 10.3 Å². The maximum atomic E-state index is 14.1. The van der Waals surface area contributed by atoms with Gasteiger partial charge in [-0.1, -0.05) is 29.8 Å². The summed E-state index contributed by atoms with van der Waals surface area (Å²) in [6, 6.07) is 9.86. The number of allylic oxidation sites excluding steroid dienone is 1. The molecule has 0 spiro atoms. The van der Waals surface area contributed by atoms with E-state index < -0.39 is 28.8 Å². The minimum absolute atomic E-state index is 0.0598. The van der Waals surface area contributed by atoms with Gasteiger partial charge in [0.15, 0.2) is 0 Å². The maximum absolute atomic E-state index is 14.1. The number of hydrogen-bond donors (Lipinski definition) is 8. The predicted molar refractivity (Wildman–Crippen MR) is 164 cm³/mol. The van der Waals surface area contributed by atoms with Gasteiger partial charge in [-0.2, -0.15) is 0 Å². The van der Waals surface area contributed by atoms with Crippen molar-refractivity contribution in [1.82, 2.24) is 20.2 Å². The van der Waals surface area contributed by atoms with E-state index in [0.717, 1.165) is 0 Å². The fourth-order valence-corrected chi connectivity index (χ4v) is 6.13. The summed E-state index contributed by atoms with van der Waals surface area (Å²) < 4.78 is 0. The number of nitrogens with one attached hydrogen (secondary N) is 3. The molecule has 2 aromatic carbocycles. The number of amides is 4. The van der Waals surface area contributed by atoms with Crippen LogP contribution in [-0.2, 0) is 15.0 Å². The minimum Gasteiger partial charge on any atom is -0.511 e. The third kappa shape index (κ3) is 5.10. The van der Waals surface area contributed by atoms with Gasteiger partial charge in [0.1, 0.15) is 34.6 Å². The molecular formula is C31H36N8O5. The molecule has 13 heteroatoms. The zero-order chi connectivity index (χ0) is 32.0. The lowest BCUT2D eigenvalue weighted by Crippen LogP contribution is -2.50. The first-order valence-electron chi connectivity index (χ1n) is 14.2. The number of likely N-dealkylation sites (tertiary alicyclic amines) is 1. The topological polar surface area (TPSA) is 238 Å². The summed E-state index contributed by atoms with van der Waals surface area (Å²) in [6.07, 6.45) is 2.85. The molecule has 44 heavy (non-hydrogen) atoms. The van der Waals surface area contributed by atoms with Crippen LogP contribution in [0.25, 0.3) is 16.6 Å². The van der Waals surface area contributed by atoms with Gasteiger partial charge in [0.05, 0.1) is 16.4 Å². The van der Waals surface area contributed by atoms with Crippen molar-refractivity contribution in [2.75, 3.05) is 13.1 Å². The number of hydrogen-bond acceptors (Lipinski definition) is 7. The molecule has 1 aliphatic carbocycles. The first-order chi connectivity index (χ1) is 20.8. The molecule has 0 bridgehead atoms. The van der Waals surface area contributed by atoms with Gasteiger partial charge in [-0.05, 0) is 57.4 Å². The molecule has 1 aliphatic heterocycles. The standard InChI is InChI=1S/C31H36N8O5/c1-30(2,28(43)39-11-5-7-22(39)26(34)42)17-13-19(18-6-3-4-8-23(18)40)24(41)31(14-17,15-36-29(35)44)27-37-20-10-9-16(25(32)33)12-21(20)38-27/h3-4,6,8-10,12,14,22,40-41H,5,7,11,13,15H2,1-2H3,(H3,32,33)(H2,34,42)(H,37,38)(H3,35,36,44). The normalized spacial score (nSPS) is 20.5. The quantitative estimate of drug-likeness (QED) is 0.109. The van der Waals surface area contributed by atoms with E-state index in [9.17, 15) is 24.6 Å². The minimum atomic E-state index is -1.58. The van der Waals surface area contributed by atoms with Gasteiger partial charge in [0.25, 0.3) is 0 Å². The van der Waals surface area contributed by atoms with Crippen LogP contribution >= 0.6 is 0 Å². The number of para-hydroxylation sites is 1. The molecule has 1 saturated heterocycles. The molecule has 3 aromatic rings. The zero-order valence-corrected chi connectivity index (χ0v) is 24.5. The van der Waals surface area contributed by atoms with Crippen molar-refractivity contribution in [1.29, 1.82) is 5.41 Å². The molecule has 230 valence electrons. The summed E-state index contributed by atoms with van der Waals surface area (Å²) in [6.45, 7) is 3.57. The Labute approximate surface area is 253 Å². The van der Waals surface area contributed by atoms with Crippen LogP contribution in [0.1, 0.15) is 50.1 Å². The van der Waals surface area contributed by atoms with Crippen molar-refractivity contribution >= 4 is 40.3 Å². The van der Waals surface area contributed by atoms with Crippen LogP contribution in [0.4, 0.5) is 4.79 Å². The fourth-order valence-electron chi connectivity index (χ4n) is 6.13. The Balaban J connectivity index is 1.75. The molecule has 2 atom stereocenters. The Bertz CT molecular complexity index is 1760. The average molecular weight is 601 g/mol. The number of urea groups is 1. The van der Waals surface area contributed by atoms with Crippen LogP contribution in [0.15, 0.2) is 59.9 Å². The number of aromatic nitrogens is 2. The van der Waals surface area contributed by atoms with E-state index in [4.69, 9.17) is 27.6 Å². The van der Waals surface area contributed by atoms with Crippen molar-refractivity contribution in [3.05, 3.63) is 76.8 Å². The summed E-state index contributed by atoms with van der Waals surface area (Å²) >= 11 is 0. The number of phenols is 1. The lowest BCUT2D eigenvalue weighted by molar-refractivity contribution is -0.143. The SMILES string of the molecule is CC(C)(C(=O)N1CCCC1C(N)=O)C1=CC(CNC(N)=O)(c2nc3cc(C(=N)N)ccc3[nH]2)C(O)=C(c2ccccc2O)C1. The Kier molecular flexibility index (Phi) is 7.58. The van der Waals surface area contributed by atoms with Crippen molar-refractivity contribution < 1.29 is 24.6 Å². The van der Waals surface area contributed by atoms with Gasteiger partial charge in [0.2, 0.25) is 11.8 Å². The van der Waals surface area contributed by atoms with Gasteiger partial charge < -0.3 is 42.6 Å². The van der Waals surface area contributed by atoms with Crippen molar-refractivity contribution in [2.45, 2.75) is 44.6 Å². The fraction of sp³-hybridized carbons (Fsp3) is 0.323. The summed E-state index contributed by atoms with van der Waals surface area (Å²) in [5, 5.41) is 33.4. The summed E-state index contributed by atoms with van der Waals surface area (Å²) in [7, 11) is 0. The Morgan fingerprint density at radius 1 is 1.16 bits per heavy atom. The number of carbonyl (C=O) groups is 3. The van der Waals surface area contributed by atoms with Gasteiger partial charge in [-0.25, -0.2) is 9.78 Å². The molecule has 5 rings (SSSR count). The van der Waals surface area contributed by atoms with Gasteiger partial charge in [-0.15, -0.1) is 0 Å². The number of rotatable bonds is 8. The zero-order valence-electron chi connectivity index (χ0n) is 24.5. The third-order valence-corrected chi connectivity index (χ3v) is 8.66. The van der Waals surface area contributed by atoms with E-state index in [1.54, 1.807) is 56.3 Å². The van der Waals surface area contributed by atoms with Crippen LogP contribution in [-0.4, -0.2) is 67.9 Å². The van der Waals surface area contributed by atoms with Gasteiger partial charge in [0, 0.05) is 29.8 Å². The second kappa shape index (κ2) is 11.1. The second-order valence-corrected chi connectivity index (χ2v) is 11.8. The summed E-state index contributed by atoms with van der Waals surface area (Å²) in [4.78, 5) is 47.8. The largest absolute Gasteiger partial charge is 0.511 e. The highest BCUT2D eigenvalue weighted by Gasteiger charge is 2.49. The number of phenolic OH excluding ortho intramolecular Hbond substituents is 1. The molecule has 4 amide bonds. The molecule has 0 saturated carbocycles. The maximum Gasteiger partial charge on any atom is 0.312 e. The molecule has 1 aromatic heterocycles. The Morgan fingerprint density at radius 3 is 2.55 bits per heavy atom. The van der Waals surface area contributed by atoms with E-state index in [-0.39, 0.29) is 42.0 Å². The number of benzene rings is 2. The number of aliphatic hydroxyl groups is 1.